The van der Waals surface area contributed by atoms with Crippen molar-refractivity contribution in [1.82, 2.24) is 9.88 Å². The van der Waals surface area contributed by atoms with Gasteiger partial charge in [0.15, 0.2) is 5.78 Å². The number of rotatable bonds is 1. The zero-order chi connectivity index (χ0) is 18.9. The minimum atomic E-state index is -0.434. The number of halogens is 1. The summed E-state index contributed by atoms with van der Waals surface area (Å²) < 4.78 is 2.55. The lowest BCUT2D eigenvalue weighted by atomic mass is 9.64. The van der Waals surface area contributed by atoms with Gasteiger partial charge in [-0.1, -0.05) is 12.2 Å². The lowest BCUT2D eigenvalue weighted by Gasteiger charge is -2.45. The molecule has 0 radical (unpaired) electrons. The van der Waals surface area contributed by atoms with Crippen LogP contribution in [0, 0.1) is 5.41 Å². The van der Waals surface area contributed by atoms with Crippen molar-refractivity contribution in [2.24, 2.45) is 12.5 Å². The third kappa shape index (κ3) is 2.17. The Kier molecular flexibility index (Phi) is 3.75. The molecule has 1 spiro atoms. The normalized spacial score (nSPS) is 26.3. The lowest BCUT2D eigenvalue weighted by molar-refractivity contribution is -0.110. The van der Waals surface area contributed by atoms with Gasteiger partial charge in [0.25, 0.3) is 0 Å². The highest BCUT2D eigenvalue weighted by atomic mass is 79.9. The fourth-order valence-electron chi connectivity index (χ4n) is 4.97. The van der Waals surface area contributed by atoms with Crippen molar-refractivity contribution in [3.63, 3.8) is 0 Å². The molecule has 1 unspecified atom stereocenters. The van der Waals surface area contributed by atoms with Crippen molar-refractivity contribution in [3.8, 4) is 0 Å². The Morgan fingerprint density at radius 3 is 2.93 bits per heavy atom. The van der Waals surface area contributed by atoms with E-state index in [1.807, 2.05) is 23.9 Å². The zero-order valence-corrected chi connectivity index (χ0v) is 17.6. The first-order valence-corrected chi connectivity index (χ1v) is 11.1. The van der Waals surface area contributed by atoms with Crippen LogP contribution < -0.4 is 5.32 Å². The molecule has 1 aromatic heterocycles. The van der Waals surface area contributed by atoms with Gasteiger partial charge in [0.1, 0.15) is 0 Å². The SMILES string of the molecule is CSC1=CC(=O)C(Br)=CC12CCNC1=C2C2=CCCc3cn(C)c(c32)C1=O. The number of thioether (sulfide) groups is 1. The van der Waals surface area contributed by atoms with Crippen LogP contribution in [-0.4, -0.2) is 28.9 Å². The van der Waals surface area contributed by atoms with Crippen molar-refractivity contribution in [2.75, 3.05) is 12.8 Å². The maximum atomic E-state index is 13.4. The molecule has 2 heterocycles. The minimum Gasteiger partial charge on any atom is -0.381 e. The zero-order valence-electron chi connectivity index (χ0n) is 15.2. The van der Waals surface area contributed by atoms with Crippen molar-refractivity contribution in [3.05, 3.63) is 61.9 Å². The maximum absolute atomic E-state index is 13.4. The Morgan fingerprint density at radius 2 is 2.15 bits per heavy atom. The quantitative estimate of drug-likeness (QED) is 0.716. The molecule has 0 bridgehead atoms. The van der Waals surface area contributed by atoms with Gasteiger partial charge in [-0.05, 0) is 58.7 Å². The number of aromatic nitrogens is 1. The van der Waals surface area contributed by atoms with Gasteiger partial charge in [-0.2, -0.15) is 0 Å². The summed E-state index contributed by atoms with van der Waals surface area (Å²) >= 11 is 5.07. The monoisotopic (exact) mass is 442 g/mol. The van der Waals surface area contributed by atoms with E-state index < -0.39 is 5.41 Å². The van der Waals surface area contributed by atoms with Crippen LogP contribution in [0.1, 0.15) is 34.5 Å². The van der Waals surface area contributed by atoms with E-state index in [2.05, 4.69) is 33.5 Å². The minimum absolute atomic E-state index is 0.00786. The molecule has 0 amide bonds. The van der Waals surface area contributed by atoms with Gasteiger partial charge in [0.05, 0.1) is 21.3 Å². The van der Waals surface area contributed by atoms with Crippen molar-refractivity contribution in [1.29, 1.82) is 0 Å². The highest BCUT2D eigenvalue weighted by Crippen LogP contribution is 2.57. The molecular weight excluding hydrogens is 424 g/mol. The Bertz CT molecular complexity index is 1060. The first-order valence-electron chi connectivity index (χ1n) is 9.09. The summed E-state index contributed by atoms with van der Waals surface area (Å²) in [5.41, 5.74) is 5.59. The Balaban J connectivity index is 1.83. The first kappa shape index (κ1) is 17.3. The van der Waals surface area contributed by atoms with E-state index in [4.69, 9.17) is 0 Å². The molecule has 1 aliphatic heterocycles. The molecule has 3 aliphatic carbocycles. The van der Waals surface area contributed by atoms with E-state index in [1.165, 1.54) is 11.1 Å². The Hall–Kier alpha value is -1.79. The molecular formula is C21H19BrN2O2S. The highest BCUT2D eigenvalue weighted by Gasteiger charge is 2.49. The van der Waals surface area contributed by atoms with Crippen LogP contribution in [0.4, 0.5) is 0 Å². The van der Waals surface area contributed by atoms with Crippen LogP contribution >= 0.6 is 27.7 Å². The van der Waals surface area contributed by atoms with Crippen LogP contribution in [0.2, 0.25) is 0 Å². The van der Waals surface area contributed by atoms with Crippen LogP contribution in [0.3, 0.4) is 0 Å². The number of allylic oxidation sites excluding steroid dienone is 8. The molecule has 4 nitrogen and oxygen atoms in total. The molecule has 1 N–H and O–H groups in total. The van der Waals surface area contributed by atoms with E-state index in [0.717, 1.165) is 41.0 Å². The van der Waals surface area contributed by atoms with E-state index in [-0.39, 0.29) is 11.6 Å². The second-order valence-electron chi connectivity index (χ2n) is 7.44. The summed E-state index contributed by atoms with van der Waals surface area (Å²) in [6, 6.07) is 0. The van der Waals surface area contributed by atoms with Gasteiger partial charge < -0.3 is 9.88 Å². The topological polar surface area (TPSA) is 51.1 Å². The smallest absolute Gasteiger partial charge is 0.226 e. The van der Waals surface area contributed by atoms with E-state index >= 15 is 0 Å². The third-order valence-electron chi connectivity index (χ3n) is 6.05. The van der Waals surface area contributed by atoms with E-state index in [0.29, 0.717) is 16.7 Å². The second-order valence-corrected chi connectivity index (χ2v) is 9.14. The number of Topliss-reactive ketones (excluding diaryl/α,β-unsaturated/α-hetero) is 1. The largest absolute Gasteiger partial charge is 0.381 e. The summed E-state index contributed by atoms with van der Waals surface area (Å²) in [6.07, 6.45) is 12.9. The molecule has 1 aromatic rings. The summed E-state index contributed by atoms with van der Waals surface area (Å²) in [5, 5.41) is 3.39. The highest BCUT2D eigenvalue weighted by molar-refractivity contribution is 9.12. The van der Waals surface area contributed by atoms with Gasteiger partial charge in [0, 0.05) is 35.8 Å². The molecule has 0 saturated heterocycles. The van der Waals surface area contributed by atoms with E-state index in [1.54, 1.807) is 17.8 Å². The molecule has 0 saturated carbocycles. The molecule has 0 aromatic carbocycles. The van der Waals surface area contributed by atoms with Gasteiger partial charge in [-0.15, -0.1) is 11.8 Å². The fraction of sp³-hybridized carbons (Fsp3) is 0.333. The van der Waals surface area contributed by atoms with Crippen molar-refractivity contribution >= 4 is 44.8 Å². The van der Waals surface area contributed by atoms with Crippen molar-refractivity contribution < 1.29 is 9.59 Å². The van der Waals surface area contributed by atoms with Crippen molar-refractivity contribution in [2.45, 2.75) is 19.3 Å². The average Bonchev–Trinajstić information content (AvgIpc) is 2.99. The van der Waals surface area contributed by atoms with Gasteiger partial charge in [0.2, 0.25) is 5.78 Å². The molecule has 6 heteroatoms. The van der Waals surface area contributed by atoms with E-state index in [9.17, 15) is 9.59 Å². The number of nitrogens with one attached hydrogen (secondary N) is 1. The number of nitrogens with zero attached hydrogens (tertiary/aromatic N) is 1. The summed E-state index contributed by atoms with van der Waals surface area (Å²) in [5.74, 6) is 0.0558. The molecule has 5 rings (SSSR count). The summed E-state index contributed by atoms with van der Waals surface area (Å²) in [7, 11) is 1.95. The van der Waals surface area contributed by atoms with Crippen LogP contribution in [0.5, 0.6) is 0 Å². The van der Waals surface area contributed by atoms with Gasteiger partial charge in [-0.25, -0.2) is 0 Å². The molecule has 1 atom stereocenters. The van der Waals surface area contributed by atoms with Gasteiger partial charge >= 0.3 is 0 Å². The average molecular weight is 443 g/mol. The first-order chi connectivity index (χ1) is 13.0. The number of fused-ring (bicyclic) bond motifs is 2. The fourth-order valence-corrected chi connectivity index (χ4v) is 6.33. The summed E-state index contributed by atoms with van der Waals surface area (Å²) in [4.78, 5) is 26.8. The van der Waals surface area contributed by atoms with Gasteiger partial charge in [-0.3, -0.25) is 9.59 Å². The standard InChI is InChI=1S/C21H19BrN2O2S/c1-24-10-11-4-3-5-12-16(11)19(24)20(26)18-17(12)21(6-7-23-18)9-13(22)14(25)8-15(21)27-2/h5,8-10,23H,3-4,6-7H2,1-2H3. The van der Waals surface area contributed by atoms with Crippen LogP contribution in [-0.2, 0) is 18.3 Å². The predicted molar refractivity (Wildman–Crippen MR) is 112 cm³/mol. The number of carbonyl (C=O) groups excluding carboxylic acids is 2. The molecule has 138 valence electrons. The third-order valence-corrected chi connectivity index (χ3v) is 7.59. The Morgan fingerprint density at radius 1 is 1.33 bits per heavy atom. The molecule has 4 aliphatic rings. The van der Waals surface area contributed by atoms with Crippen LogP contribution in [0.15, 0.2) is 45.1 Å². The lowest BCUT2D eigenvalue weighted by Crippen LogP contribution is -2.43. The summed E-state index contributed by atoms with van der Waals surface area (Å²) in [6.45, 7) is 0.702. The number of ketones is 2. The molecule has 0 fully saturated rings. The second kappa shape index (κ2) is 5.85. The maximum Gasteiger partial charge on any atom is 0.226 e. The van der Waals surface area contributed by atoms with Crippen LogP contribution in [0.25, 0.3) is 5.57 Å². The number of aryl methyl sites for hydroxylation is 2. The number of carbonyl (C=O) groups is 2. The number of hydrogen-bond donors (Lipinski definition) is 1. The number of hydrogen-bond acceptors (Lipinski definition) is 4. The Labute approximate surface area is 170 Å². The molecule has 27 heavy (non-hydrogen) atoms. The predicted octanol–water partition coefficient (Wildman–Crippen LogP) is 3.89.